The fraction of sp³-hybridized carbons (Fsp3) is 0.385. The highest BCUT2D eigenvalue weighted by Crippen LogP contribution is 2.30. The van der Waals surface area contributed by atoms with Crippen LogP contribution in [-0.4, -0.2) is 37.2 Å². The summed E-state index contributed by atoms with van der Waals surface area (Å²) in [6.45, 7) is 0.338. The Morgan fingerprint density at radius 1 is 1.58 bits per heavy atom. The van der Waals surface area contributed by atoms with Crippen LogP contribution in [0, 0.1) is 5.92 Å². The molecule has 1 saturated heterocycles. The molecule has 0 saturated carbocycles. The van der Waals surface area contributed by atoms with Gasteiger partial charge in [0.1, 0.15) is 0 Å². The van der Waals surface area contributed by atoms with Crippen LogP contribution in [0.2, 0.25) is 5.02 Å². The molecule has 2 rings (SSSR count). The summed E-state index contributed by atoms with van der Waals surface area (Å²) in [7, 11) is 1.27. The zero-order chi connectivity index (χ0) is 14.0. The number of carbonyl (C=O) groups excluding carboxylic acids is 2. The highest BCUT2D eigenvalue weighted by molar-refractivity contribution is 6.31. The fourth-order valence-corrected chi connectivity index (χ4v) is 2.33. The van der Waals surface area contributed by atoms with Crippen molar-refractivity contribution in [3.05, 3.63) is 28.8 Å². The minimum absolute atomic E-state index is 0.0522. The minimum atomic E-state index is -0.544. The molecule has 0 aliphatic carbocycles. The molecule has 0 spiro atoms. The largest absolute Gasteiger partial charge is 0.465 e. The molecular weight excluding hydrogens is 270 g/mol. The Morgan fingerprint density at radius 3 is 2.89 bits per heavy atom. The van der Waals surface area contributed by atoms with E-state index < -0.39 is 5.97 Å². The first kappa shape index (κ1) is 13.8. The predicted octanol–water partition coefficient (Wildman–Crippen LogP) is 1.47. The van der Waals surface area contributed by atoms with Crippen LogP contribution in [0.25, 0.3) is 0 Å². The van der Waals surface area contributed by atoms with E-state index in [4.69, 9.17) is 21.4 Å². The number of benzene rings is 1. The standard InChI is InChI=1S/C13H14ClNO4/c1-19-13(18)10-5-9(14)2-3-11(10)15-6-8(7-16)4-12(15)17/h2-3,5,8,16H,4,6-7H2,1H3. The lowest BCUT2D eigenvalue weighted by atomic mass is 10.1. The van der Waals surface area contributed by atoms with Gasteiger partial charge in [-0.3, -0.25) is 4.79 Å². The number of aliphatic hydroxyl groups excluding tert-OH is 1. The van der Waals surface area contributed by atoms with Crippen LogP contribution >= 0.6 is 11.6 Å². The second-order valence-electron chi connectivity index (χ2n) is 4.41. The first-order chi connectivity index (χ1) is 9.06. The second kappa shape index (κ2) is 5.59. The zero-order valence-corrected chi connectivity index (χ0v) is 11.2. The van der Waals surface area contributed by atoms with Crippen molar-refractivity contribution in [3.8, 4) is 0 Å². The van der Waals surface area contributed by atoms with Crippen molar-refractivity contribution in [1.29, 1.82) is 0 Å². The van der Waals surface area contributed by atoms with Gasteiger partial charge in [0.05, 0.1) is 18.4 Å². The third kappa shape index (κ3) is 2.72. The summed E-state index contributed by atoms with van der Waals surface area (Å²) in [5.74, 6) is -0.766. The molecule has 1 N–H and O–H groups in total. The van der Waals surface area contributed by atoms with E-state index in [2.05, 4.69) is 0 Å². The van der Waals surface area contributed by atoms with Gasteiger partial charge in [-0.05, 0) is 18.2 Å². The Hall–Kier alpha value is -1.59. The van der Waals surface area contributed by atoms with Crippen LogP contribution in [0.15, 0.2) is 18.2 Å². The summed E-state index contributed by atoms with van der Waals surface area (Å²) in [5, 5.41) is 9.52. The molecule has 1 aromatic rings. The topological polar surface area (TPSA) is 66.8 Å². The average molecular weight is 284 g/mol. The Morgan fingerprint density at radius 2 is 2.32 bits per heavy atom. The monoisotopic (exact) mass is 283 g/mol. The van der Waals surface area contributed by atoms with E-state index in [1.807, 2.05) is 0 Å². The molecule has 1 atom stereocenters. The molecule has 1 fully saturated rings. The Kier molecular flexibility index (Phi) is 4.07. The summed E-state index contributed by atoms with van der Waals surface area (Å²) >= 11 is 5.87. The van der Waals surface area contributed by atoms with Crippen molar-refractivity contribution in [1.82, 2.24) is 0 Å². The molecule has 102 valence electrons. The van der Waals surface area contributed by atoms with Gasteiger partial charge in [-0.1, -0.05) is 11.6 Å². The lowest BCUT2D eigenvalue weighted by Gasteiger charge is -2.19. The molecule has 1 aromatic carbocycles. The van der Waals surface area contributed by atoms with Crippen LogP contribution in [0.3, 0.4) is 0 Å². The summed E-state index contributed by atoms with van der Waals surface area (Å²) in [4.78, 5) is 25.1. The third-order valence-electron chi connectivity index (χ3n) is 3.12. The van der Waals surface area contributed by atoms with E-state index in [0.29, 0.717) is 17.3 Å². The zero-order valence-electron chi connectivity index (χ0n) is 10.4. The predicted molar refractivity (Wildman–Crippen MR) is 70.3 cm³/mol. The van der Waals surface area contributed by atoms with E-state index in [1.165, 1.54) is 18.1 Å². The highest BCUT2D eigenvalue weighted by atomic mass is 35.5. The van der Waals surface area contributed by atoms with Crippen molar-refractivity contribution in [2.45, 2.75) is 6.42 Å². The molecule has 1 heterocycles. The lowest BCUT2D eigenvalue weighted by molar-refractivity contribution is -0.117. The van der Waals surface area contributed by atoms with E-state index >= 15 is 0 Å². The van der Waals surface area contributed by atoms with Gasteiger partial charge < -0.3 is 14.7 Å². The first-order valence-electron chi connectivity index (χ1n) is 5.86. The number of ether oxygens (including phenoxy) is 1. The normalized spacial score (nSPS) is 18.8. The fourth-order valence-electron chi connectivity index (χ4n) is 2.15. The molecule has 1 aliphatic rings. The number of hydrogen-bond donors (Lipinski definition) is 1. The number of methoxy groups -OCH3 is 1. The van der Waals surface area contributed by atoms with E-state index in [9.17, 15) is 9.59 Å². The smallest absolute Gasteiger partial charge is 0.340 e. The first-order valence-corrected chi connectivity index (χ1v) is 6.23. The Bertz CT molecular complexity index is 517. The van der Waals surface area contributed by atoms with Gasteiger partial charge in [0.2, 0.25) is 5.91 Å². The number of rotatable bonds is 3. The van der Waals surface area contributed by atoms with Crippen LogP contribution < -0.4 is 4.90 Å². The molecular formula is C13H14ClNO4. The van der Waals surface area contributed by atoms with Crippen LogP contribution in [0.4, 0.5) is 5.69 Å². The maximum atomic E-state index is 11.9. The van der Waals surface area contributed by atoms with Crippen LogP contribution in [0.5, 0.6) is 0 Å². The van der Waals surface area contributed by atoms with Gasteiger partial charge in [-0.25, -0.2) is 4.79 Å². The highest BCUT2D eigenvalue weighted by Gasteiger charge is 2.32. The Labute approximate surface area is 115 Å². The van der Waals surface area contributed by atoms with Gasteiger partial charge in [0, 0.05) is 30.5 Å². The maximum absolute atomic E-state index is 11.9. The number of halogens is 1. The van der Waals surface area contributed by atoms with Gasteiger partial charge >= 0.3 is 5.97 Å². The molecule has 6 heteroatoms. The average Bonchev–Trinajstić information content (AvgIpc) is 2.79. The van der Waals surface area contributed by atoms with Crippen molar-refractivity contribution in [3.63, 3.8) is 0 Å². The van der Waals surface area contributed by atoms with Gasteiger partial charge in [0.25, 0.3) is 0 Å². The quantitative estimate of drug-likeness (QED) is 0.853. The molecule has 0 radical (unpaired) electrons. The molecule has 0 aromatic heterocycles. The van der Waals surface area contributed by atoms with Crippen LogP contribution in [0.1, 0.15) is 16.8 Å². The number of esters is 1. The SMILES string of the molecule is COC(=O)c1cc(Cl)ccc1N1CC(CO)CC1=O. The number of aliphatic hydroxyl groups is 1. The second-order valence-corrected chi connectivity index (χ2v) is 4.85. The maximum Gasteiger partial charge on any atom is 0.340 e. The third-order valence-corrected chi connectivity index (χ3v) is 3.35. The van der Waals surface area contributed by atoms with Gasteiger partial charge in [-0.15, -0.1) is 0 Å². The summed E-state index contributed by atoms with van der Waals surface area (Å²) in [6, 6.07) is 4.71. The van der Waals surface area contributed by atoms with Gasteiger partial charge in [0.15, 0.2) is 0 Å². The van der Waals surface area contributed by atoms with Crippen molar-refractivity contribution >= 4 is 29.2 Å². The number of anilines is 1. The molecule has 5 nitrogen and oxygen atoms in total. The molecule has 1 amide bonds. The van der Waals surface area contributed by atoms with Gasteiger partial charge in [-0.2, -0.15) is 0 Å². The molecule has 19 heavy (non-hydrogen) atoms. The summed E-state index contributed by atoms with van der Waals surface area (Å²) in [6.07, 6.45) is 0.278. The molecule has 0 bridgehead atoms. The summed E-state index contributed by atoms with van der Waals surface area (Å²) < 4.78 is 4.69. The van der Waals surface area contributed by atoms with E-state index in [1.54, 1.807) is 12.1 Å². The van der Waals surface area contributed by atoms with Crippen molar-refractivity contribution in [2.75, 3.05) is 25.2 Å². The molecule has 1 unspecified atom stereocenters. The number of hydrogen-bond acceptors (Lipinski definition) is 4. The lowest BCUT2D eigenvalue weighted by Crippen LogP contribution is -2.27. The van der Waals surface area contributed by atoms with Crippen molar-refractivity contribution in [2.24, 2.45) is 5.92 Å². The Balaban J connectivity index is 2.39. The number of nitrogens with zero attached hydrogens (tertiary/aromatic N) is 1. The minimum Gasteiger partial charge on any atom is -0.465 e. The van der Waals surface area contributed by atoms with E-state index in [-0.39, 0.29) is 30.4 Å². The number of carbonyl (C=O) groups is 2. The summed E-state index contributed by atoms with van der Waals surface area (Å²) in [5.41, 5.74) is 0.721. The number of amides is 1. The van der Waals surface area contributed by atoms with E-state index in [0.717, 1.165) is 0 Å². The molecule has 1 aliphatic heterocycles. The van der Waals surface area contributed by atoms with Crippen LogP contribution in [-0.2, 0) is 9.53 Å². The van der Waals surface area contributed by atoms with Crippen molar-refractivity contribution < 1.29 is 19.4 Å².